The molecule has 7 nitrogen and oxygen atoms in total. The largest absolute Gasteiger partial charge is 0.492 e. The fourth-order valence-electron chi connectivity index (χ4n) is 3.21. The van der Waals surface area contributed by atoms with E-state index >= 15 is 0 Å². The molecule has 0 atom stereocenters. The zero-order valence-electron chi connectivity index (χ0n) is 17.8. The standard InChI is InChI=1S/C23H20FN3O4S2/c1-3-31-19-5-4-6-20-21(19)27(2)23(32-20)25-22(28)15-7-11-17(12-8-15)26-33(29,30)18-13-9-16(24)10-14-18/h4-14,26H,3H2,1-2H3. The van der Waals surface area contributed by atoms with Crippen LogP contribution in [0.1, 0.15) is 17.3 Å². The number of para-hydroxylation sites is 1. The van der Waals surface area contributed by atoms with E-state index in [0.29, 0.717) is 17.0 Å². The van der Waals surface area contributed by atoms with Crippen molar-refractivity contribution in [3.63, 3.8) is 0 Å². The molecule has 0 saturated carbocycles. The molecule has 1 amide bonds. The summed E-state index contributed by atoms with van der Waals surface area (Å²) in [4.78, 5) is 17.4. The number of aromatic nitrogens is 1. The molecule has 0 aliphatic rings. The lowest BCUT2D eigenvalue weighted by atomic mass is 10.2. The maximum atomic E-state index is 13.1. The highest BCUT2D eigenvalue weighted by Crippen LogP contribution is 2.27. The zero-order chi connectivity index (χ0) is 23.6. The lowest BCUT2D eigenvalue weighted by Gasteiger charge is -2.08. The van der Waals surface area contributed by atoms with E-state index in [-0.39, 0.29) is 10.6 Å². The summed E-state index contributed by atoms with van der Waals surface area (Å²) in [5.74, 6) is -0.259. The van der Waals surface area contributed by atoms with Gasteiger partial charge >= 0.3 is 0 Å². The molecule has 1 N–H and O–H groups in total. The number of fused-ring (bicyclic) bond motifs is 1. The summed E-state index contributed by atoms with van der Waals surface area (Å²) < 4.78 is 48.8. The van der Waals surface area contributed by atoms with Crippen LogP contribution in [0.15, 0.2) is 76.6 Å². The number of carbonyl (C=O) groups excluding carboxylic acids is 1. The van der Waals surface area contributed by atoms with E-state index in [1.165, 1.54) is 47.7 Å². The lowest BCUT2D eigenvalue weighted by Crippen LogP contribution is -2.14. The van der Waals surface area contributed by atoms with Gasteiger partial charge in [0.1, 0.15) is 17.1 Å². The molecule has 170 valence electrons. The van der Waals surface area contributed by atoms with Crippen molar-refractivity contribution in [2.75, 3.05) is 11.3 Å². The summed E-state index contributed by atoms with van der Waals surface area (Å²) in [6.45, 7) is 2.43. The van der Waals surface area contributed by atoms with E-state index in [2.05, 4.69) is 9.71 Å². The second kappa shape index (κ2) is 9.16. The van der Waals surface area contributed by atoms with Crippen molar-refractivity contribution in [1.29, 1.82) is 0 Å². The number of amides is 1. The van der Waals surface area contributed by atoms with E-state index in [0.717, 1.165) is 28.1 Å². The van der Waals surface area contributed by atoms with Gasteiger partial charge in [-0.2, -0.15) is 4.99 Å². The number of rotatable bonds is 6. The van der Waals surface area contributed by atoms with Crippen LogP contribution in [0.5, 0.6) is 5.75 Å². The van der Waals surface area contributed by atoms with E-state index in [4.69, 9.17) is 4.74 Å². The van der Waals surface area contributed by atoms with Crippen molar-refractivity contribution in [2.45, 2.75) is 11.8 Å². The van der Waals surface area contributed by atoms with Crippen molar-refractivity contribution >= 4 is 43.2 Å². The Morgan fingerprint density at radius 1 is 1.09 bits per heavy atom. The molecule has 33 heavy (non-hydrogen) atoms. The van der Waals surface area contributed by atoms with Gasteiger partial charge in [-0.1, -0.05) is 17.4 Å². The molecule has 1 heterocycles. The summed E-state index contributed by atoms with van der Waals surface area (Å²) >= 11 is 1.37. The van der Waals surface area contributed by atoms with E-state index in [1.807, 2.05) is 36.7 Å². The monoisotopic (exact) mass is 485 g/mol. The van der Waals surface area contributed by atoms with Gasteiger partial charge < -0.3 is 9.30 Å². The average Bonchev–Trinajstić information content (AvgIpc) is 3.10. The molecular weight excluding hydrogens is 465 g/mol. The number of carbonyl (C=O) groups is 1. The predicted molar refractivity (Wildman–Crippen MR) is 126 cm³/mol. The maximum Gasteiger partial charge on any atom is 0.279 e. The molecule has 1 aromatic heterocycles. The lowest BCUT2D eigenvalue weighted by molar-refractivity contribution is 0.0998. The number of benzene rings is 3. The zero-order valence-corrected chi connectivity index (χ0v) is 19.4. The third-order valence-corrected chi connectivity index (χ3v) is 7.28. The maximum absolute atomic E-state index is 13.1. The highest BCUT2D eigenvalue weighted by atomic mass is 32.2. The molecule has 0 radical (unpaired) electrons. The number of ether oxygens (including phenoxy) is 1. The van der Waals surface area contributed by atoms with E-state index in [9.17, 15) is 17.6 Å². The molecule has 3 aromatic carbocycles. The molecule has 10 heteroatoms. The first kappa shape index (κ1) is 22.7. The first-order chi connectivity index (χ1) is 15.8. The molecule has 0 unspecified atom stereocenters. The number of thiazole rings is 1. The van der Waals surface area contributed by atoms with Crippen molar-refractivity contribution in [3.05, 3.63) is 82.9 Å². The quantitative estimate of drug-likeness (QED) is 0.441. The first-order valence-corrected chi connectivity index (χ1v) is 12.3. The Kier molecular flexibility index (Phi) is 6.30. The average molecular weight is 486 g/mol. The van der Waals surface area contributed by atoms with E-state index < -0.39 is 21.7 Å². The minimum Gasteiger partial charge on any atom is -0.492 e. The van der Waals surface area contributed by atoms with Gasteiger partial charge in [0, 0.05) is 18.3 Å². The van der Waals surface area contributed by atoms with Gasteiger partial charge in [0.15, 0.2) is 4.80 Å². The summed E-state index contributed by atoms with van der Waals surface area (Å²) in [6.07, 6.45) is 0. The Morgan fingerprint density at radius 2 is 1.79 bits per heavy atom. The van der Waals surface area contributed by atoms with Crippen LogP contribution in [0, 0.1) is 5.82 Å². The molecule has 0 saturated heterocycles. The Bertz CT molecular complexity index is 1490. The number of sulfonamides is 1. The summed E-state index contributed by atoms with van der Waals surface area (Å²) in [5, 5.41) is 0. The number of hydrogen-bond acceptors (Lipinski definition) is 5. The van der Waals surface area contributed by atoms with Crippen LogP contribution < -0.4 is 14.3 Å². The van der Waals surface area contributed by atoms with Crippen molar-refractivity contribution in [3.8, 4) is 5.75 Å². The molecule has 0 bridgehead atoms. The molecule has 4 rings (SSSR count). The smallest absolute Gasteiger partial charge is 0.279 e. The SMILES string of the molecule is CCOc1cccc2sc(=NC(=O)c3ccc(NS(=O)(=O)c4ccc(F)cc4)cc3)n(C)c12. The number of nitrogens with zero attached hydrogens (tertiary/aromatic N) is 2. The van der Waals surface area contributed by atoms with Crippen molar-refractivity contribution in [1.82, 2.24) is 4.57 Å². The van der Waals surface area contributed by atoms with Gasteiger partial charge in [0.05, 0.1) is 16.2 Å². The molecule has 0 aliphatic heterocycles. The molecular formula is C23H20FN3O4S2. The van der Waals surface area contributed by atoms with Gasteiger partial charge in [-0.25, -0.2) is 12.8 Å². The Labute approximate surface area is 193 Å². The van der Waals surface area contributed by atoms with Gasteiger partial charge in [0.25, 0.3) is 15.9 Å². The predicted octanol–water partition coefficient (Wildman–Crippen LogP) is 4.32. The van der Waals surface area contributed by atoms with Crippen LogP contribution in [0.25, 0.3) is 10.2 Å². The number of hydrogen-bond donors (Lipinski definition) is 1. The Hall–Kier alpha value is -3.50. The van der Waals surface area contributed by atoms with Crippen LogP contribution in [0.3, 0.4) is 0 Å². The van der Waals surface area contributed by atoms with Crippen LogP contribution in [-0.2, 0) is 17.1 Å². The van der Waals surface area contributed by atoms with Gasteiger partial charge in [-0.05, 0) is 67.6 Å². The second-order valence-corrected chi connectivity index (χ2v) is 9.72. The topological polar surface area (TPSA) is 89.8 Å². The van der Waals surface area contributed by atoms with Gasteiger partial charge in [-0.3, -0.25) is 9.52 Å². The van der Waals surface area contributed by atoms with Crippen LogP contribution in [0.4, 0.5) is 10.1 Å². The summed E-state index contributed by atoms with van der Waals surface area (Å²) in [7, 11) is -2.06. The fraction of sp³-hybridized carbons (Fsp3) is 0.130. The normalized spacial score (nSPS) is 12.2. The van der Waals surface area contributed by atoms with Gasteiger partial charge in [-0.15, -0.1) is 0 Å². The fourth-order valence-corrected chi connectivity index (χ4v) is 5.30. The number of aryl methyl sites for hydroxylation is 1. The number of halogens is 1. The number of nitrogens with one attached hydrogen (secondary N) is 1. The summed E-state index contributed by atoms with van der Waals surface area (Å²) in [5.41, 5.74) is 1.44. The highest BCUT2D eigenvalue weighted by molar-refractivity contribution is 7.92. The second-order valence-electron chi connectivity index (χ2n) is 7.03. The van der Waals surface area contributed by atoms with Crippen molar-refractivity contribution < 1.29 is 22.3 Å². The van der Waals surface area contributed by atoms with Crippen LogP contribution in [0.2, 0.25) is 0 Å². The Balaban J connectivity index is 1.58. The highest BCUT2D eigenvalue weighted by Gasteiger charge is 2.15. The van der Waals surface area contributed by atoms with Crippen LogP contribution >= 0.6 is 11.3 Å². The molecule has 0 spiro atoms. The summed E-state index contributed by atoms with van der Waals surface area (Å²) in [6, 6.07) is 16.1. The minimum atomic E-state index is -3.88. The van der Waals surface area contributed by atoms with Gasteiger partial charge in [0.2, 0.25) is 0 Å². The number of anilines is 1. The van der Waals surface area contributed by atoms with E-state index in [1.54, 1.807) is 0 Å². The molecule has 0 fully saturated rings. The Morgan fingerprint density at radius 3 is 2.45 bits per heavy atom. The first-order valence-electron chi connectivity index (χ1n) is 9.97. The third kappa shape index (κ3) is 4.81. The van der Waals surface area contributed by atoms with Crippen molar-refractivity contribution in [2.24, 2.45) is 12.0 Å². The molecule has 4 aromatic rings. The molecule has 0 aliphatic carbocycles. The van der Waals surface area contributed by atoms with Crippen LogP contribution in [-0.4, -0.2) is 25.5 Å². The third-order valence-electron chi connectivity index (χ3n) is 4.79. The minimum absolute atomic E-state index is 0.0669.